The van der Waals surface area contributed by atoms with Crippen molar-refractivity contribution in [3.8, 4) is 0 Å². The number of fused-ring (bicyclic) bond motifs is 1. The molecule has 18 heavy (non-hydrogen) atoms. The number of hydrogen-bond donors (Lipinski definition) is 2. The first kappa shape index (κ1) is 12.4. The number of halogens is 1. The van der Waals surface area contributed by atoms with E-state index >= 15 is 0 Å². The molecular formula is C14H14FNO2. The molecule has 4 heteroatoms. The van der Waals surface area contributed by atoms with Gasteiger partial charge in [0.05, 0.1) is 5.52 Å². The normalized spacial score (nSPS) is 12.3. The second-order valence-electron chi connectivity index (χ2n) is 4.46. The summed E-state index contributed by atoms with van der Waals surface area (Å²) < 4.78 is 13.6. The van der Waals surface area contributed by atoms with Crippen molar-refractivity contribution < 1.29 is 14.3 Å². The Morgan fingerprint density at radius 2 is 2.17 bits per heavy atom. The molecule has 0 aliphatic rings. The molecule has 0 unspecified atom stereocenters. The van der Waals surface area contributed by atoms with Gasteiger partial charge in [-0.15, -0.1) is 0 Å². The lowest BCUT2D eigenvalue weighted by Gasteiger charge is -2.09. The number of benzene rings is 1. The van der Waals surface area contributed by atoms with E-state index in [2.05, 4.69) is 4.98 Å². The third-order valence-corrected chi connectivity index (χ3v) is 2.88. The number of carboxylic acid groups (broad SMARTS) is 1. The van der Waals surface area contributed by atoms with Crippen LogP contribution in [0.15, 0.2) is 30.5 Å². The molecule has 0 saturated carbocycles. The lowest BCUT2D eigenvalue weighted by atomic mass is 9.94. The number of hydrogen-bond acceptors (Lipinski definition) is 1. The molecule has 1 aromatic carbocycles. The van der Waals surface area contributed by atoms with Crippen molar-refractivity contribution in [1.29, 1.82) is 0 Å². The largest absolute Gasteiger partial charge is 0.478 e. The van der Waals surface area contributed by atoms with Crippen molar-refractivity contribution in [2.45, 2.75) is 13.8 Å². The number of para-hydroxylation sites is 1. The lowest BCUT2D eigenvalue weighted by Crippen LogP contribution is -1.98. The predicted molar refractivity (Wildman–Crippen MR) is 68.7 cm³/mol. The van der Waals surface area contributed by atoms with Crippen LogP contribution in [0.25, 0.3) is 16.5 Å². The molecule has 0 spiro atoms. The Labute approximate surface area is 104 Å². The van der Waals surface area contributed by atoms with Crippen molar-refractivity contribution in [2.24, 2.45) is 5.92 Å². The van der Waals surface area contributed by atoms with Gasteiger partial charge in [-0.25, -0.2) is 9.18 Å². The number of aromatic amines is 1. The first-order valence-corrected chi connectivity index (χ1v) is 5.71. The van der Waals surface area contributed by atoms with E-state index in [4.69, 9.17) is 5.11 Å². The average Bonchev–Trinajstić information content (AvgIpc) is 2.70. The van der Waals surface area contributed by atoms with Gasteiger partial charge in [0.1, 0.15) is 5.82 Å². The van der Waals surface area contributed by atoms with Gasteiger partial charge in [0.15, 0.2) is 0 Å². The van der Waals surface area contributed by atoms with Crippen molar-refractivity contribution in [1.82, 2.24) is 4.98 Å². The summed E-state index contributed by atoms with van der Waals surface area (Å²) >= 11 is 0. The maximum Gasteiger partial charge on any atom is 0.328 e. The summed E-state index contributed by atoms with van der Waals surface area (Å²) in [6.07, 6.45) is 2.83. The molecule has 0 aliphatic carbocycles. The molecule has 1 heterocycles. The van der Waals surface area contributed by atoms with E-state index in [9.17, 15) is 9.18 Å². The Kier molecular flexibility index (Phi) is 3.19. The highest BCUT2D eigenvalue weighted by Gasteiger charge is 2.14. The second-order valence-corrected chi connectivity index (χ2v) is 4.46. The van der Waals surface area contributed by atoms with E-state index in [0.29, 0.717) is 16.5 Å². The van der Waals surface area contributed by atoms with Crippen LogP contribution in [0.5, 0.6) is 0 Å². The highest BCUT2D eigenvalue weighted by molar-refractivity contribution is 5.98. The molecule has 0 fully saturated rings. The summed E-state index contributed by atoms with van der Waals surface area (Å²) in [6, 6.07) is 4.77. The molecule has 0 aliphatic heterocycles. The van der Waals surface area contributed by atoms with Gasteiger partial charge >= 0.3 is 5.97 Å². The number of H-pyrrole nitrogens is 1. The van der Waals surface area contributed by atoms with Gasteiger partial charge in [0.25, 0.3) is 0 Å². The molecule has 0 saturated heterocycles. The molecule has 94 valence electrons. The predicted octanol–water partition coefficient (Wildman–Crippen LogP) is 3.43. The van der Waals surface area contributed by atoms with Gasteiger partial charge in [0, 0.05) is 23.2 Å². The lowest BCUT2D eigenvalue weighted by molar-refractivity contribution is -0.131. The van der Waals surface area contributed by atoms with E-state index < -0.39 is 5.97 Å². The number of aliphatic carboxylic acids is 1. The standard InChI is InChI=1S/C14H14FNO2/c1-8(2)10(6-13(17)18)11-7-16-14-9(11)4-3-5-12(14)15/h3-8,16H,1-2H3,(H,17,18)/b10-6+. The molecule has 2 aromatic rings. The minimum Gasteiger partial charge on any atom is -0.478 e. The van der Waals surface area contributed by atoms with Crippen LogP contribution < -0.4 is 0 Å². The summed E-state index contributed by atoms with van der Waals surface area (Å²) in [7, 11) is 0. The summed E-state index contributed by atoms with van der Waals surface area (Å²) in [6.45, 7) is 3.82. The summed E-state index contributed by atoms with van der Waals surface area (Å²) in [5.41, 5.74) is 1.82. The van der Waals surface area contributed by atoms with E-state index in [1.165, 1.54) is 12.1 Å². The number of carboxylic acids is 1. The quantitative estimate of drug-likeness (QED) is 0.816. The van der Waals surface area contributed by atoms with E-state index in [0.717, 1.165) is 5.56 Å². The summed E-state index contributed by atoms with van der Waals surface area (Å²) in [5.74, 6) is -1.29. The maximum absolute atomic E-state index is 13.6. The van der Waals surface area contributed by atoms with Crippen molar-refractivity contribution in [2.75, 3.05) is 0 Å². The van der Waals surface area contributed by atoms with Crippen LogP contribution in [0.2, 0.25) is 0 Å². The highest BCUT2D eigenvalue weighted by atomic mass is 19.1. The van der Waals surface area contributed by atoms with Gasteiger partial charge in [-0.2, -0.15) is 0 Å². The van der Waals surface area contributed by atoms with Gasteiger partial charge in [0.2, 0.25) is 0 Å². The van der Waals surface area contributed by atoms with Crippen LogP contribution in [-0.4, -0.2) is 16.1 Å². The molecule has 0 atom stereocenters. The molecular weight excluding hydrogens is 233 g/mol. The molecule has 3 nitrogen and oxygen atoms in total. The Morgan fingerprint density at radius 1 is 1.44 bits per heavy atom. The minimum absolute atomic E-state index is 0.0448. The van der Waals surface area contributed by atoms with Gasteiger partial charge in [-0.3, -0.25) is 0 Å². The fourth-order valence-corrected chi connectivity index (χ4v) is 2.04. The molecule has 2 rings (SSSR count). The van der Waals surface area contributed by atoms with Crippen LogP contribution >= 0.6 is 0 Å². The van der Waals surface area contributed by atoms with E-state index in [1.807, 2.05) is 13.8 Å². The molecule has 1 aromatic heterocycles. The van der Waals surface area contributed by atoms with E-state index in [-0.39, 0.29) is 11.7 Å². The number of nitrogens with one attached hydrogen (secondary N) is 1. The zero-order chi connectivity index (χ0) is 13.3. The topological polar surface area (TPSA) is 53.1 Å². The third-order valence-electron chi connectivity index (χ3n) is 2.88. The van der Waals surface area contributed by atoms with Crippen molar-refractivity contribution >= 4 is 22.4 Å². The van der Waals surface area contributed by atoms with Crippen molar-refractivity contribution in [3.63, 3.8) is 0 Å². The number of carbonyl (C=O) groups is 1. The average molecular weight is 247 g/mol. The smallest absolute Gasteiger partial charge is 0.328 e. The monoisotopic (exact) mass is 247 g/mol. The third kappa shape index (κ3) is 2.14. The maximum atomic E-state index is 13.6. The summed E-state index contributed by atoms with van der Waals surface area (Å²) in [4.78, 5) is 13.7. The SMILES string of the molecule is CC(C)/C(=C\C(=O)O)c1c[nH]c2c(F)cccc12. The molecule has 0 amide bonds. The summed E-state index contributed by atoms with van der Waals surface area (Å²) in [5, 5.41) is 9.60. The van der Waals surface area contributed by atoms with Crippen molar-refractivity contribution in [3.05, 3.63) is 41.9 Å². The van der Waals surface area contributed by atoms with Crippen LogP contribution in [-0.2, 0) is 4.79 Å². The van der Waals surface area contributed by atoms with Crippen LogP contribution in [0.1, 0.15) is 19.4 Å². The fraction of sp³-hybridized carbons (Fsp3) is 0.214. The molecule has 2 N–H and O–H groups in total. The Balaban J connectivity index is 2.66. The zero-order valence-electron chi connectivity index (χ0n) is 10.2. The van der Waals surface area contributed by atoms with Gasteiger partial charge < -0.3 is 10.1 Å². The van der Waals surface area contributed by atoms with E-state index in [1.54, 1.807) is 18.3 Å². The molecule has 0 bridgehead atoms. The van der Waals surface area contributed by atoms with Gasteiger partial charge in [-0.05, 0) is 17.6 Å². The Hall–Kier alpha value is -2.10. The Bertz CT molecular complexity index is 626. The van der Waals surface area contributed by atoms with Crippen LogP contribution in [0, 0.1) is 11.7 Å². The Morgan fingerprint density at radius 3 is 2.78 bits per heavy atom. The fourth-order valence-electron chi connectivity index (χ4n) is 2.04. The zero-order valence-corrected chi connectivity index (χ0v) is 10.2. The molecule has 0 radical (unpaired) electrons. The van der Waals surface area contributed by atoms with Gasteiger partial charge in [-0.1, -0.05) is 26.0 Å². The van der Waals surface area contributed by atoms with Crippen LogP contribution in [0.3, 0.4) is 0 Å². The minimum atomic E-state index is -0.996. The highest BCUT2D eigenvalue weighted by Crippen LogP contribution is 2.30. The number of aromatic nitrogens is 1. The second kappa shape index (κ2) is 4.64. The number of rotatable bonds is 3. The number of allylic oxidation sites excluding steroid dienone is 1. The first-order valence-electron chi connectivity index (χ1n) is 5.71. The van der Waals surface area contributed by atoms with Crippen LogP contribution in [0.4, 0.5) is 4.39 Å². The first-order chi connectivity index (χ1) is 8.50.